The number of aromatic nitrogens is 2. The van der Waals surface area contributed by atoms with Gasteiger partial charge in [0.25, 0.3) is 0 Å². The van der Waals surface area contributed by atoms with Crippen molar-refractivity contribution in [2.45, 2.75) is 19.3 Å². The minimum Gasteiger partial charge on any atom is -0.496 e. The van der Waals surface area contributed by atoms with Crippen molar-refractivity contribution in [3.05, 3.63) is 70.7 Å². The molecule has 1 aromatic heterocycles. The van der Waals surface area contributed by atoms with Gasteiger partial charge in [-0.15, -0.1) is 10.2 Å². The fourth-order valence-electron chi connectivity index (χ4n) is 2.49. The number of methoxy groups -OCH3 is 1. The van der Waals surface area contributed by atoms with E-state index in [1.54, 1.807) is 7.11 Å². The number of amides is 1. The van der Waals surface area contributed by atoms with Crippen LogP contribution < -0.4 is 10.1 Å². The summed E-state index contributed by atoms with van der Waals surface area (Å²) in [5, 5.41) is 12.5. The van der Waals surface area contributed by atoms with Gasteiger partial charge in [0.05, 0.1) is 13.5 Å². The van der Waals surface area contributed by atoms with Crippen LogP contribution in [0.15, 0.2) is 54.6 Å². The summed E-state index contributed by atoms with van der Waals surface area (Å²) >= 11 is 1.42. The molecule has 2 aromatic carbocycles. The third-order valence-corrected chi connectivity index (χ3v) is 4.63. The summed E-state index contributed by atoms with van der Waals surface area (Å²) in [5.74, 6) is 0.578. The van der Waals surface area contributed by atoms with Gasteiger partial charge in [-0.05, 0) is 18.1 Å². The first kappa shape index (κ1) is 17.1. The lowest BCUT2D eigenvalue weighted by molar-refractivity contribution is -0.115. The van der Waals surface area contributed by atoms with Crippen LogP contribution in [-0.2, 0) is 24.1 Å². The van der Waals surface area contributed by atoms with Crippen molar-refractivity contribution in [1.29, 1.82) is 0 Å². The van der Waals surface area contributed by atoms with Crippen LogP contribution in [0.1, 0.15) is 16.1 Å². The lowest BCUT2D eigenvalue weighted by Gasteiger charge is -2.07. The van der Waals surface area contributed by atoms with Crippen molar-refractivity contribution in [3.8, 4) is 5.75 Å². The highest BCUT2D eigenvalue weighted by molar-refractivity contribution is 7.15. The fraction of sp³-hybridized carbons (Fsp3) is 0.211. The number of carbonyl (C=O) groups is 1. The molecule has 1 heterocycles. The van der Waals surface area contributed by atoms with E-state index in [9.17, 15) is 4.79 Å². The van der Waals surface area contributed by atoms with Gasteiger partial charge in [0.2, 0.25) is 11.0 Å². The zero-order chi connectivity index (χ0) is 17.5. The second-order valence-electron chi connectivity index (χ2n) is 5.52. The van der Waals surface area contributed by atoms with E-state index in [1.165, 1.54) is 16.9 Å². The molecule has 6 heteroatoms. The molecule has 0 radical (unpaired) electrons. The van der Waals surface area contributed by atoms with Crippen molar-refractivity contribution in [3.63, 3.8) is 0 Å². The Hall–Kier alpha value is -2.73. The van der Waals surface area contributed by atoms with Crippen LogP contribution in [-0.4, -0.2) is 23.2 Å². The van der Waals surface area contributed by atoms with E-state index in [0.717, 1.165) is 23.4 Å². The van der Waals surface area contributed by atoms with Crippen molar-refractivity contribution < 1.29 is 9.53 Å². The van der Waals surface area contributed by atoms with Gasteiger partial charge < -0.3 is 10.1 Å². The van der Waals surface area contributed by atoms with Crippen molar-refractivity contribution in [2.24, 2.45) is 0 Å². The van der Waals surface area contributed by atoms with Crippen LogP contribution in [0.5, 0.6) is 5.75 Å². The Labute approximate surface area is 150 Å². The van der Waals surface area contributed by atoms with Gasteiger partial charge in [-0.2, -0.15) is 0 Å². The molecule has 0 saturated heterocycles. The van der Waals surface area contributed by atoms with E-state index >= 15 is 0 Å². The summed E-state index contributed by atoms with van der Waals surface area (Å²) in [5.41, 5.74) is 2.11. The van der Waals surface area contributed by atoms with E-state index in [2.05, 4.69) is 27.6 Å². The van der Waals surface area contributed by atoms with Crippen LogP contribution in [0.2, 0.25) is 0 Å². The summed E-state index contributed by atoms with van der Waals surface area (Å²) in [6, 6.07) is 17.7. The number of rotatable bonds is 7. The standard InChI is InChI=1S/C19H19N3O2S/c1-24-16-10-6-5-9-15(16)13-17(23)20-19-22-21-18(25-19)12-11-14-7-3-2-4-8-14/h2-10H,11-13H2,1H3,(H,20,22,23). The van der Waals surface area contributed by atoms with Crippen molar-refractivity contribution in [2.75, 3.05) is 12.4 Å². The first-order chi connectivity index (χ1) is 12.2. The molecule has 25 heavy (non-hydrogen) atoms. The Morgan fingerprint density at radius 3 is 2.60 bits per heavy atom. The monoisotopic (exact) mass is 353 g/mol. The summed E-state index contributed by atoms with van der Waals surface area (Å²) < 4.78 is 5.27. The number of hydrogen-bond donors (Lipinski definition) is 1. The summed E-state index contributed by atoms with van der Waals surface area (Å²) in [6.07, 6.45) is 1.96. The highest BCUT2D eigenvalue weighted by atomic mass is 32.1. The number of aryl methyl sites for hydroxylation is 2. The first-order valence-electron chi connectivity index (χ1n) is 8.02. The minimum atomic E-state index is -0.129. The molecule has 0 fully saturated rings. The Morgan fingerprint density at radius 2 is 1.80 bits per heavy atom. The van der Waals surface area contributed by atoms with Gasteiger partial charge >= 0.3 is 0 Å². The van der Waals surface area contributed by atoms with E-state index < -0.39 is 0 Å². The molecule has 0 unspecified atom stereocenters. The zero-order valence-corrected chi connectivity index (χ0v) is 14.8. The predicted molar refractivity (Wildman–Crippen MR) is 99.1 cm³/mol. The second kappa shape index (κ2) is 8.39. The quantitative estimate of drug-likeness (QED) is 0.706. The fourth-order valence-corrected chi connectivity index (χ4v) is 3.24. The van der Waals surface area contributed by atoms with Crippen LogP contribution in [0.4, 0.5) is 5.13 Å². The highest BCUT2D eigenvalue weighted by Crippen LogP contribution is 2.20. The second-order valence-corrected chi connectivity index (χ2v) is 6.59. The number of benzene rings is 2. The number of nitrogens with one attached hydrogen (secondary N) is 1. The summed E-state index contributed by atoms with van der Waals surface area (Å²) in [7, 11) is 1.60. The molecule has 1 N–H and O–H groups in total. The van der Waals surface area contributed by atoms with Crippen LogP contribution in [0, 0.1) is 0 Å². The van der Waals surface area contributed by atoms with E-state index in [0.29, 0.717) is 10.9 Å². The topological polar surface area (TPSA) is 64.1 Å². The molecular weight excluding hydrogens is 334 g/mol. The number of carbonyl (C=O) groups excluding carboxylic acids is 1. The minimum absolute atomic E-state index is 0.129. The van der Waals surface area contributed by atoms with Gasteiger partial charge in [-0.1, -0.05) is 59.9 Å². The summed E-state index contributed by atoms with van der Waals surface area (Å²) in [6.45, 7) is 0. The maximum Gasteiger partial charge on any atom is 0.230 e. The number of anilines is 1. The summed E-state index contributed by atoms with van der Waals surface area (Å²) in [4.78, 5) is 12.2. The van der Waals surface area contributed by atoms with E-state index in [-0.39, 0.29) is 12.3 Å². The van der Waals surface area contributed by atoms with Crippen LogP contribution in [0.25, 0.3) is 0 Å². The highest BCUT2D eigenvalue weighted by Gasteiger charge is 2.11. The van der Waals surface area contributed by atoms with Gasteiger partial charge in [0.1, 0.15) is 10.8 Å². The lowest BCUT2D eigenvalue weighted by atomic mass is 10.1. The smallest absolute Gasteiger partial charge is 0.230 e. The Balaban J connectivity index is 1.55. The molecule has 0 aliphatic rings. The average molecular weight is 353 g/mol. The molecule has 0 saturated carbocycles. The largest absolute Gasteiger partial charge is 0.496 e. The third kappa shape index (κ3) is 4.87. The molecule has 3 rings (SSSR count). The average Bonchev–Trinajstić information content (AvgIpc) is 3.08. The molecule has 0 bridgehead atoms. The number of nitrogens with zero attached hydrogens (tertiary/aromatic N) is 2. The van der Waals surface area contributed by atoms with Gasteiger partial charge in [-0.3, -0.25) is 4.79 Å². The number of para-hydroxylation sites is 1. The van der Waals surface area contributed by atoms with Gasteiger partial charge in [-0.25, -0.2) is 0 Å². The first-order valence-corrected chi connectivity index (χ1v) is 8.84. The van der Waals surface area contributed by atoms with Crippen molar-refractivity contribution >= 4 is 22.4 Å². The van der Waals surface area contributed by atoms with Crippen LogP contribution in [0.3, 0.4) is 0 Å². The normalized spacial score (nSPS) is 10.4. The maximum atomic E-state index is 12.2. The Bertz CT molecular complexity index is 833. The maximum absolute atomic E-state index is 12.2. The molecule has 0 atom stereocenters. The van der Waals surface area contributed by atoms with Crippen LogP contribution >= 0.6 is 11.3 Å². The molecule has 0 aliphatic heterocycles. The molecule has 3 aromatic rings. The lowest BCUT2D eigenvalue weighted by Crippen LogP contribution is -2.14. The number of ether oxygens (including phenoxy) is 1. The molecule has 128 valence electrons. The zero-order valence-electron chi connectivity index (χ0n) is 13.9. The Kier molecular flexibility index (Phi) is 5.74. The molecular formula is C19H19N3O2S. The molecule has 1 amide bonds. The van der Waals surface area contributed by atoms with Gasteiger partial charge in [0.15, 0.2) is 0 Å². The van der Waals surface area contributed by atoms with E-state index in [4.69, 9.17) is 4.74 Å². The Morgan fingerprint density at radius 1 is 1.04 bits per heavy atom. The number of hydrogen-bond acceptors (Lipinski definition) is 5. The van der Waals surface area contributed by atoms with Gasteiger partial charge in [0, 0.05) is 12.0 Å². The molecule has 0 spiro atoms. The predicted octanol–water partition coefficient (Wildman–Crippen LogP) is 3.51. The molecule has 0 aliphatic carbocycles. The SMILES string of the molecule is COc1ccccc1CC(=O)Nc1nnc(CCc2ccccc2)s1. The third-order valence-electron chi connectivity index (χ3n) is 3.73. The van der Waals surface area contributed by atoms with E-state index in [1.807, 2.05) is 42.5 Å². The molecule has 5 nitrogen and oxygen atoms in total. The van der Waals surface area contributed by atoms with Crippen molar-refractivity contribution in [1.82, 2.24) is 10.2 Å².